The maximum atomic E-state index is 13.5. The van der Waals surface area contributed by atoms with Crippen LogP contribution in [0.15, 0.2) is 61.4 Å². The Hall–Kier alpha value is -4.22. The highest BCUT2D eigenvalue weighted by Crippen LogP contribution is 2.33. The van der Waals surface area contributed by atoms with Crippen LogP contribution in [0, 0.1) is 0 Å². The highest BCUT2D eigenvalue weighted by Gasteiger charge is 2.20. The molecule has 4 heterocycles. The minimum Gasteiger partial charge on any atom is -0.493 e. The van der Waals surface area contributed by atoms with Gasteiger partial charge >= 0.3 is 0 Å². The number of hydrogen-bond acceptors (Lipinski definition) is 8. The van der Waals surface area contributed by atoms with Gasteiger partial charge in [0.15, 0.2) is 11.5 Å². The zero-order chi connectivity index (χ0) is 28.0. The third-order valence-electron chi connectivity index (χ3n) is 7.48. The van der Waals surface area contributed by atoms with Crippen LogP contribution in [0.1, 0.15) is 24.0 Å². The van der Waals surface area contributed by atoms with Crippen molar-refractivity contribution in [2.75, 3.05) is 46.6 Å². The Morgan fingerprint density at radius 1 is 1.07 bits per heavy atom. The summed E-state index contributed by atoms with van der Waals surface area (Å²) < 4.78 is 21.2. The first-order valence-electron chi connectivity index (χ1n) is 14.0. The number of carbonyl (C=O) groups excluding carboxylic acids is 1. The lowest BCUT2D eigenvalue weighted by atomic mass is 10.1. The molecule has 2 aromatic heterocycles. The molecule has 1 saturated heterocycles. The minimum atomic E-state index is 0.0766. The van der Waals surface area contributed by atoms with Crippen LogP contribution in [0.5, 0.6) is 11.5 Å². The fourth-order valence-corrected chi connectivity index (χ4v) is 5.41. The molecule has 2 aliphatic heterocycles. The third kappa shape index (κ3) is 6.41. The van der Waals surface area contributed by atoms with Crippen LogP contribution < -0.4 is 9.47 Å². The number of aryl methyl sites for hydroxylation is 1. The Kier molecular flexibility index (Phi) is 8.24. The lowest BCUT2D eigenvalue weighted by Crippen LogP contribution is -2.36. The first-order chi connectivity index (χ1) is 20.2. The highest BCUT2D eigenvalue weighted by atomic mass is 16.5. The number of fused-ring (bicyclic) bond motifs is 7. The number of hydrogen-bond donors (Lipinski definition) is 0. The number of rotatable bonds is 7. The number of amides is 1. The summed E-state index contributed by atoms with van der Waals surface area (Å²) in [5.74, 6) is 2.15. The summed E-state index contributed by atoms with van der Waals surface area (Å²) in [5.41, 5.74) is 4.19. The summed E-state index contributed by atoms with van der Waals surface area (Å²) in [7, 11) is 1.63. The van der Waals surface area contributed by atoms with Gasteiger partial charge in [0.1, 0.15) is 25.1 Å². The van der Waals surface area contributed by atoms with E-state index in [4.69, 9.17) is 19.2 Å². The second kappa shape index (κ2) is 12.5. The summed E-state index contributed by atoms with van der Waals surface area (Å²) in [4.78, 5) is 26.5. The monoisotopic (exact) mass is 557 g/mol. The van der Waals surface area contributed by atoms with Crippen molar-refractivity contribution in [2.24, 2.45) is 0 Å². The molecule has 6 rings (SSSR count). The molecule has 0 radical (unpaired) electrons. The third-order valence-corrected chi connectivity index (χ3v) is 7.48. The lowest BCUT2D eigenvalue weighted by molar-refractivity contribution is -0.132. The smallest absolute Gasteiger partial charge is 0.223 e. The quantitative estimate of drug-likeness (QED) is 0.342. The van der Waals surface area contributed by atoms with E-state index in [1.807, 2.05) is 35.5 Å². The number of methoxy groups -OCH3 is 1. The van der Waals surface area contributed by atoms with Crippen LogP contribution in [0.3, 0.4) is 0 Å². The molecule has 0 saturated carbocycles. The van der Waals surface area contributed by atoms with Gasteiger partial charge in [0.2, 0.25) is 5.91 Å². The van der Waals surface area contributed by atoms with Gasteiger partial charge in [-0.05, 0) is 47.9 Å². The number of carbonyl (C=O) groups is 1. The summed E-state index contributed by atoms with van der Waals surface area (Å²) in [6, 6.07) is 12.4. The molecule has 11 heteroatoms. The SMILES string of the molecule is COc1ccc2cc1OCCN(C(=O)CCCn1cncn1)Cc1cc(CN3CCOCC3)cc(c1)-n1ccnc1-2. The maximum absolute atomic E-state index is 13.5. The molecule has 0 spiro atoms. The normalized spacial score (nSPS) is 15.7. The van der Waals surface area contributed by atoms with Crippen molar-refractivity contribution in [3.63, 3.8) is 0 Å². The fourth-order valence-electron chi connectivity index (χ4n) is 5.41. The molecule has 2 aliphatic rings. The Labute approximate surface area is 239 Å². The first-order valence-corrected chi connectivity index (χ1v) is 14.0. The van der Waals surface area contributed by atoms with Crippen LogP contribution in [-0.4, -0.2) is 86.6 Å². The van der Waals surface area contributed by atoms with E-state index < -0.39 is 0 Å². The molecule has 2 aromatic carbocycles. The van der Waals surface area contributed by atoms with Crippen molar-refractivity contribution in [3.8, 4) is 28.6 Å². The van der Waals surface area contributed by atoms with Crippen molar-refractivity contribution in [2.45, 2.75) is 32.5 Å². The first kappa shape index (κ1) is 27.0. The van der Waals surface area contributed by atoms with Gasteiger partial charge in [0.05, 0.1) is 26.9 Å². The number of benzene rings is 2. The highest BCUT2D eigenvalue weighted by molar-refractivity contribution is 5.76. The van der Waals surface area contributed by atoms with E-state index in [0.29, 0.717) is 50.6 Å². The largest absolute Gasteiger partial charge is 0.493 e. The van der Waals surface area contributed by atoms with E-state index in [9.17, 15) is 4.79 Å². The Morgan fingerprint density at radius 2 is 1.98 bits per heavy atom. The predicted molar refractivity (Wildman–Crippen MR) is 152 cm³/mol. The molecule has 4 bridgehead atoms. The van der Waals surface area contributed by atoms with Crippen LogP contribution in [0.25, 0.3) is 17.1 Å². The molecule has 0 aliphatic carbocycles. The number of imidazole rings is 1. The van der Waals surface area contributed by atoms with Crippen molar-refractivity contribution >= 4 is 5.91 Å². The lowest BCUT2D eigenvalue weighted by Gasteiger charge is -2.27. The van der Waals surface area contributed by atoms with Gasteiger partial charge in [-0.1, -0.05) is 6.07 Å². The molecular weight excluding hydrogens is 522 g/mol. The van der Waals surface area contributed by atoms with Gasteiger partial charge < -0.3 is 19.1 Å². The number of morpholine rings is 1. The molecule has 1 amide bonds. The number of aromatic nitrogens is 5. The van der Waals surface area contributed by atoms with E-state index >= 15 is 0 Å². The Balaban J connectivity index is 1.34. The number of nitrogens with zero attached hydrogens (tertiary/aromatic N) is 7. The molecule has 0 atom stereocenters. The zero-order valence-corrected chi connectivity index (χ0v) is 23.3. The molecule has 0 unspecified atom stereocenters. The average Bonchev–Trinajstić information content (AvgIpc) is 3.69. The van der Waals surface area contributed by atoms with E-state index in [-0.39, 0.29) is 5.91 Å². The standard InChI is InChI=1S/C30H35N7O4/c1-39-27-5-4-25-18-28(27)41-14-11-35(29(38)3-2-7-36-22-31-21-33-36)20-24-15-23(19-34-9-12-40-13-10-34)16-26(17-24)37-8-6-32-30(25)37/h4-6,8,15-18,21-22H,2-3,7,9-14,19-20H2,1H3. The van der Waals surface area contributed by atoms with Crippen molar-refractivity contribution in [3.05, 3.63) is 72.6 Å². The van der Waals surface area contributed by atoms with Crippen molar-refractivity contribution in [1.29, 1.82) is 0 Å². The van der Waals surface area contributed by atoms with Crippen LogP contribution >= 0.6 is 0 Å². The number of ether oxygens (including phenoxy) is 3. The Bertz CT molecular complexity index is 1460. The Morgan fingerprint density at radius 3 is 2.80 bits per heavy atom. The summed E-state index contributed by atoms with van der Waals surface area (Å²) in [6.45, 7) is 6.01. The summed E-state index contributed by atoms with van der Waals surface area (Å²) in [5, 5.41) is 4.15. The van der Waals surface area contributed by atoms with Gasteiger partial charge in [0, 0.05) is 62.8 Å². The minimum absolute atomic E-state index is 0.0766. The van der Waals surface area contributed by atoms with Gasteiger partial charge in [-0.3, -0.25) is 18.9 Å². The summed E-state index contributed by atoms with van der Waals surface area (Å²) in [6.07, 6.45) is 8.05. The van der Waals surface area contributed by atoms with Crippen molar-refractivity contribution < 1.29 is 19.0 Å². The van der Waals surface area contributed by atoms with Gasteiger partial charge in [-0.15, -0.1) is 0 Å². The topological polar surface area (TPSA) is 99.8 Å². The average molecular weight is 558 g/mol. The van der Waals surface area contributed by atoms with Crippen LogP contribution in [0.4, 0.5) is 0 Å². The van der Waals surface area contributed by atoms with Gasteiger partial charge in [0.25, 0.3) is 0 Å². The van der Waals surface area contributed by atoms with Crippen LogP contribution in [0.2, 0.25) is 0 Å². The van der Waals surface area contributed by atoms with Gasteiger partial charge in [-0.2, -0.15) is 5.10 Å². The molecule has 11 nitrogen and oxygen atoms in total. The predicted octanol–water partition coefficient (Wildman–Crippen LogP) is 3.17. The van der Waals surface area contributed by atoms with E-state index in [2.05, 4.69) is 37.7 Å². The molecule has 0 N–H and O–H groups in total. The molecule has 41 heavy (non-hydrogen) atoms. The van der Waals surface area contributed by atoms with Gasteiger partial charge in [-0.25, -0.2) is 9.97 Å². The molecule has 214 valence electrons. The van der Waals surface area contributed by atoms with Crippen molar-refractivity contribution in [1.82, 2.24) is 34.1 Å². The summed E-state index contributed by atoms with van der Waals surface area (Å²) >= 11 is 0. The van der Waals surface area contributed by atoms with E-state index in [1.54, 1.807) is 18.1 Å². The molecule has 4 aromatic rings. The fraction of sp³-hybridized carbons (Fsp3) is 0.400. The molecular formula is C30H35N7O4. The maximum Gasteiger partial charge on any atom is 0.223 e. The molecule has 1 fully saturated rings. The van der Waals surface area contributed by atoms with Crippen LogP contribution in [-0.2, 0) is 29.2 Å². The van der Waals surface area contributed by atoms with E-state index in [1.165, 1.54) is 11.9 Å². The zero-order valence-electron chi connectivity index (χ0n) is 23.3. The second-order valence-electron chi connectivity index (χ2n) is 10.3. The van der Waals surface area contributed by atoms with E-state index in [0.717, 1.165) is 55.5 Å². The second-order valence-corrected chi connectivity index (χ2v) is 10.3.